The Bertz CT molecular complexity index is 687. The zero-order valence-electron chi connectivity index (χ0n) is 11.7. The molecule has 0 radical (unpaired) electrons. The van der Waals surface area contributed by atoms with Gasteiger partial charge in [0.05, 0.1) is 6.42 Å². The van der Waals surface area contributed by atoms with Crippen LogP contribution in [0.4, 0.5) is 5.82 Å². The van der Waals surface area contributed by atoms with Crippen molar-refractivity contribution in [3.63, 3.8) is 0 Å². The van der Waals surface area contributed by atoms with Gasteiger partial charge in [-0.05, 0) is 23.6 Å². The van der Waals surface area contributed by atoms with E-state index in [0.717, 1.165) is 22.3 Å². The summed E-state index contributed by atoms with van der Waals surface area (Å²) in [7, 11) is 1.83. The molecule has 0 fully saturated rings. The second-order valence-corrected chi connectivity index (χ2v) is 4.92. The second kappa shape index (κ2) is 5.47. The van der Waals surface area contributed by atoms with Crippen LogP contribution < -0.4 is 14.4 Å². The minimum atomic E-state index is -0.823. The van der Waals surface area contributed by atoms with Gasteiger partial charge in [0.15, 0.2) is 11.5 Å². The van der Waals surface area contributed by atoms with E-state index in [1.807, 2.05) is 30.1 Å². The summed E-state index contributed by atoms with van der Waals surface area (Å²) in [5, 5.41) is 10.7. The number of carboxylic acid groups (broad SMARTS) is 1. The highest BCUT2D eigenvalue weighted by atomic mass is 16.6. The van der Waals surface area contributed by atoms with E-state index in [1.165, 1.54) is 0 Å². The third-order valence-electron chi connectivity index (χ3n) is 3.43. The summed E-state index contributed by atoms with van der Waals surface area (Å²) in [6.07, 6.45) is 1.78. The smallest absolute Gasteiger partial charge is 0.305 e. The Morgan fingerprint density at radius 3 is 2.76 bits per heavy atom. The molecule has 0 unspecified atom stereocenters. The van der Waals surface area contributed by atoms with Crippen molar-refractivity contribution in [1.29, 1.82) is 0 Å². The van der Waals surface area contributed by atoms with Crippen LogP contribution in [-0.2, 0) is 4.79 Å². The predicted molar refractivity (Wildman–Crippen MR) is 78.3 cm³/mol. The monoisotopic (exact) mass is 288 g/mol. The van der Waals surface area contributed by atoms with Crippen LogP contribution in [0.3, 0.4) is 0 Å². The Morgan fingerprint density at radius 2 is 2.05 bits per heavy atom. The van der Waals surface area contributed by atoms with Gasteiger partial charge in [-0.3, -0.25) is 4.79 Å². The summed E-state index contributed by atoms with van der Waals surface area (Å²) in [6, 6.07) is 5.74. The number of carbonyl (C=O) groups is 1. The van der Waals surface area contributed by atoms with Crippen LogP contribution in [0, 0.1) is 0 Å². The number of fused-ring (bicyclic) bond motifs is 2. The van der Waals surface area contributed by atoms with Gasteiger partial charge in [0.25, 0.3) is 0 Å². The molecular weight excluding hydrogens is 272 g/mol. The summed E-state index contributed by atoms with van der Waals surface area (Å²) in [4.78, 5) is 16.9. The van der Waals surface area contributed by atoms with Crippen molar-refractivity contribution < 1.29 is 19.4 Å². The van der Waals surface area contributed by atoms with Gasteiger partial charge in [-0.2, -0.15) is 0 Å². The van der Waals surface area contributed by atoms with E-state index in [9.17, 15) is 4.79 Å². The Morgan fingerprint density at radius 1 is 1.33 bits per heavy atom. The lowest BCUT2D eigenvalue weighted by molar-refractivity contribution is -0.136. The maximum absolute atomic E-state index is 10.7. The fourth-order valence-corrected chi connectivity index (χ4v) is 2.37. The van der Waals surface area contributed by atoms with Crippen LogP contribution >= 0.6 is 0 Å². The van der Waals surface area contributed by atoms with E-state index in [2.05, 4.69) is 4.98 Å². The molecule has 1 aromatic carbocycles. The van der Waals surface area contributed by atoms with E-state index in [4.69, 9.17) is 14.6 Å². The molecule has 1 aliphatic rings. The van der Waals surface area contributed by atoms with Crippen LogP contribution in [0.25, 0.3) is 10.8 Å². The van der Waals surface area contributed by atoms with Crippen molar-refractivity contribution in [2.24, 2.45) is 0 Å². The molecule has 2 heterocycles. The van der Waals surface area contributed by atoms with Gasteiger partial charge in [0, 0.05) is 25.2 Å². The molecule has 21 heavy (non-hydrogen) atoms. The van der Waals surface area contributed by atoms with Crippen molar-refractivity contribution in [2.75, 3.05) is 31.7 Å². The SMILES string of the molecule is CN(CCC(=O)O)c1nccc2cc3c(cc12)OCCO3. The van der Waals surface area contributed by atoms with E-state index in [1.54, 1.807) is 6.20 Å². The Kier molecular flexibility index (Phi) is 3.51. The fraction of sp³-hybridized carbons (Fsp3) is 0.333. The van der Waals surface area contributed by atoms with E-state index in [-0.39, 0.29) is 6.42 Å². The first kappa shape index (κ1) is 13.5. The molecule has 1 aromatic heterocycles. The molecule has 1 N–H and O–H groups in total. The van der Waals surface area contributed by atoms with Crippen LogP contribution in [0.1, 0.15) is 6.42 Å². The van der Waals surface area contributed by atoms with Crippen LogP contribution in [0.5, 0.6) is 11.5 Å². The van der Waals surface area contributed by atoms with Crippen LogP contribution in [-0.4, -0.2) is 42.9 Å². The normalized spacial score (nSPS) is 13.2. The number of rotatable bonds is 4. The third kappa shape index (κ3) is 2.69. The number of aromatic nitrogens is 1. The molecule has 0 saturated heterocycles. The van der Waals surface area contributed by atoms with Gasteiger partial charge in [-0.1, -0.05) is 0 Å². The first-order valence-corrected chi connectivity index (χ1v) is 6.76. The first-order chi connectivity index (χ1) is 10.1. The van der Waals surface area contributed by atoms with Gasteiger partial charge in [0.1, 0.15) is 19.0 Å². The van der Waals surface area contributed by atoms with E-state index >= 15 is 0 Å². The van der Waals surface area contributed by atoms with Crippen molar-refractivity contribution in [1.82, 2.24) is 4.98 Å². The quantitative estimate of drug-likeness (QED) is 0.926. The number of anilines is 1. The van der Waals surface area contributed by atoms with E-state index < -0.39 is 5.97 Å². The average Bonchev–Trinajstić information content (AvgIpc) is 2.50. The number of nitrogens with zero attached hydrogens (tertiary/aromatic N) is 2. The lowest BCUT2D eigenvalue weighted by atomic mass is 10.1. The molecule has 0 saturated carbocycles. The molecule has 0 atom stereocenters. The van der Waals surface area contributed by atoms with Gasteiger partial charge in [-0.15, -0.1) is 0 Å². The molecule has 0 amide bonds. The van der Waals surface area contributed by atoms with Gasteiger partial charge in [-0.25, -0.2) is 4.98 Å². The number of hydrogen-bond acceptors (Lipinski definition) is 5. The molecule has 0 bridgehead atoms. The zero-order valence-corrected chi connectivity index (χ0v) is 11.7. The number of benzene rings is 1. The Balaban J connectivity index is 2.00. The summed E-state index contributed by atoms with van der Waals surface area (Å²) in [5.74, 6) is 1.36. The molecule has 0 aliphatic carbocycles. The van der Waals surface area contributed by atoms with Crippen LogP contribution in [0.15, 0.2) is 24.4 Å². The predicted octanol–water partition coefficient (Wildman–Crippen LogP) is 1.92. The van der Waals surface area contributed by atoms with Crippen molar-refractivity contribution in [3.05, 3.63) is 24.4 Å². The van der Waals surface area contributed by atoms with Crippen molar-refractivity contribution in [3.8, 4) is 11.5 Å². The fourth-order valence-electron chi connectivity index (χ4n) is 2.37. The highest BCUT2D eigenvalue weighted by molar-refractivity contribution is 5.94. The number of aliphatic carboxylic acids is 1. The molecule has 110 valence electrons. The number of pyridine rings is 1. The molecule has 1 aliphatic heterocycles. The number of carboxylic acids is 1. The third-order valence-corrected chi connectivity index (χ3v) is 3.43. The lowest BCUT2D eigenvalue weighted by Gasteiger charge is -2.22. The topological polar surface area (TPSA) is 71.9 Å². The minimum Gasteiger partial charge on any atom is -0.486 e. The first-order valence-electron chi connectivity index (χ1n) is 6.76. The van der Waals surface area contributed by atoms with E-state index in [0.29, 0.717) is 25.5 Å². The van der Waals surface area contributed by atoms with Gasteiger partial charge in [0.2, 0.25) is 0 Å². The Labute approximate surface area is 121 Å². The Hall–Kier alpha value is -2.50. The summed E-state index contributed by atoms with van der Waals surface area (Å²) in [6.45, 7) is 1.48. The second-order valence-electron chi connectivity index (χ2n) is 4.92. The highest BCUT2D eigenvalue weighted by Gasteiger charge is 2.16. The van der Waals surface area contributed by atoms with Crippen LogP contribution in [0.2, 0.25) is 0 Å². The molecular formula is C15H16N2O4. The standard InChI is InChI=1S/C15H16N2O4/c1-17(5-3-14(18)19)15-11-9-13-12(20-6-7-21-13)8-10(11)2-4-16-15/h2,4,8-9H,3,5-7H2,1H3,(H,18,19). The maximum Gasteiger partial charge on any atom is 0.305 e. The molecule has 3 rings (SSSR count). The van der Waals surface area contributed by atoms with Crippen molar-refractivity contribution >= 4 is 22.6 Å². The maximum atomic E-state index is 10.7. The highest BCUT2D eigenvalue weighted by Crippen LogP contribution is 2.37. The number of hydrogen-bond donors (Lipinski definition) is 1. The van der Waals surface area contributed by atoms with Gasteiger partial charge >= 0.3 is 5.97 Å². The molecule has 2 aromatic rings. The summed E-state index contributed by atoms with van der Waals surface area (Å²) >= 11 is 0. The van der Waals surface area contributed by atoms with Crippen molar-refractivity contribution in [2.45, 2.75) is 6.42 Å². The van der Waals surface area contributed by atoms with Gasteiger partial charge < -0.3 is 19.5 Å². The largest absolute Gasteiger partial charge is 0.486 e. The average molecular weight is 288 g/mol. The minimum absolute atomic E-state index is 0.0686. The molecule has 0 spiro atoms. The lowest BCUT2D eigenvalue weighted by Crippen LogP contribution is -2.22. The summed E-state index contributed by atoms with van der Waals surface area (Å²) < 4.78 is 11.2. The molecule has 6 heteroatoms. The summed E-state index contributed by atoms with van der Waals surface area (Å²) in [5.41, 5.74) is 0. The zero-order chi connectivity index (χ0) is 14.8. The number of ether oxygens (including phenoxy) is 2. The molecule has 6 nitrogen and oxygen atoms in total.